The molecule has 0 aliphatic rings. The third-order valence-corrected chi connectivity index (χ3v) is 4.03. The number of aromatic nitrogens is 1. The van der Waals surface area contributed by atoms with Crippen LogP contribution in [-0.2, 0) is 11.2 Å². The zero-order valence-corrected chi connectivity index (χ0v) is 13.9. The number of aryl methyl sites for hydroxylation is 1. The molecule has 2 rings (SSSR count). The third-order valence-electron chi connectivity index (χ3n) is 3.23. The minimum absolute atomic E-state index is 0.0373. The van der Waals surface area contributed by atoms with Crippen LogP contribution in [0.25, 0.3) is 0 Å². The van der Waals surface area contributed by atoms with Crippen LogP contribution in [0.2, 0.25) is 0 Å². The van der Waals surface area contributed by atoms with Gasteiger partial charge >= 0.3 is 0 Å². The van der Waals surface area contributed by atoms with Gasteiger partial charge in [-0.1, -0.05) is 19.8 Å². The number of nitrogens with zero attached hydrogens (tertiary/aromatic N) is 1. The Kier molecular flexibility index (Phi) is 6.80. The topological polar surface area (TPSA) is 84.2 Å². The number of thiazole rings is 1. The standard InChI is InChI=1S/C16H21N3O3S/c1-2-3-4-9-17-14(20)8-7-12-11-23-16(18-12)19-15(21)13-6-5-10-22-13/h5-6,10-11H,2-4,7-9H2,1H3,(H,17,20)(H,18,19,21). The predicted molar refractivity (Wildman–Crippen MR) is 89.6 cm³/mol. The van der Waals surface area contributed by atoms with Crippen molar-refractivity contribution in [3.8, 4) is 0 Å². The van der Waals surface area contributed by atoms with Crippen molar-refractivity contribution in [1.82, 2.24) is 10.3 Å². The van der Waals surface area contributed by atoms with Gasteiger partial charge in [-0.15, -0.1) is 11.3 Å². The van der Waals surface area contributed by atoms with Crippen molar-refractivity contribution < 1.29 is 14.0 Å². The van der Waals surface area contributed by atoms with E-state index in [-0.39, 0.29) is 17.6 Å². The molecule has 124 valence electrons. The average molecular weight is 335 g/mol. The van der Waals surface area contributed by atoms with Gasteiger partial charge in [0.1, 0.15) is 0 Å². The van der Waals surface area contributed by atoms with Gasteiger partial charge in [-0.2, -0.15) is 0 Å². The number of unbranched alkanes of at least 4 members (excludes halogenated alkanes) is 2. The Morgan fingerprint density at radius 1 is 1.35 bits per heavy atom. The van der Waals surface area contributed by atoms with E-state index in [0.29, 0.717) is 18.0 Å². The van der Waals surface area contributed by atoms with Crippen LogP contribution >= 0.6 is 11.3 Å². The van der Waals surface area contributed by atoms with Crippen LogP contribution in [0.4, 0.5) is 5.13 Å². The molecule has 0 saturated carbocycles. The number of anilines is 1. The Bertz CT molecular complexity index is 622. The van der Waals surface area contributed by atoms with Crippen molar-refractivity contribution in [1.29, 1.82) is 0 Å². The minimum atomic E-state index is -0.329. The zero-order chi connectivity index (χ0) is 16.5. The lowest BCUT2D eigenvalue weighted by atomic mass is 10.2. The Morgan fingerprint density at radius 2 is 2.22 bits per heavy atom. The summed E-state index contributed by atoms with van der Waals surface area (Å²) in [5.74, 6) is -0.0481. The summed E-state index contributed by atoms with van der Waals surface area (Å²) in [4.78, 5) is 27.8. The summed E-state index contributed by atoms with van der Waals surface area (Å²) in [6.45, 7) is 2.86. The summed E-state index contributed by atoms with van der Waals surface area (Å²) in [5.41, 5.74) is 0.799. The second kappa shape index (κ2) is 9.09. The fourth-order valence-corrected chi connectivity index (χ4v) is 2.72. The predicted octanol–water partition coefficient (Wildman–Crippen LogP) is 3.23. The Hall–Kier alpha value is -2.15. The SMILES string of the molecule is CCCCCNC(=O)CCc1csc(NC(=O)c2ccco2)n1. The lowest BCUT2D eigenvalue weighted by Gasteiger charge is -2.03. The molecule has 0 atom stereocenters. The number of furan rings is 1. The quantitative estimate of drug-likeness (QED) is 0.689. The molecule has 0 unspecified atom stereocenters. The molecule has 2 aromatic rings. The fourth-order valence-electron chi connectivity index (χ4n) is 1.98. The highest BCUT2D eigenvalue weighted by atomic mass is 32.1. The number of carbonyl (C=O) groups excluding carboxylic acids is 2. The molecule has 2 amide bonds. The maximum absolute atomic E-state index is 11.8. The first-order valence-corrected chi connectivity index (χ1v) is 8.63. The van der Waals surface area contributed by atoms with Crippen molar-refractivity contribution in [2.75, 3.05) is 11.9 Å². The number of hydrogen-bond acceptors (Lipinski definition) is 5. The van der Waals surface area contributed by atoms with E-state index in [4.69, 9.17) is 4.42 Å². The van der Waals surface area contributed by atoms with Gasteiger partial charge in [-0.25, -0.2) is 4.98 Å². The number of hydrogen-bond donors (Lipinski definition) is 2. The average Bonchev–Trinajstić information content (AvgIpc) is 3.21. The van der Waals surface area contributed by atoms with Gasteiger partial charge in [0.25, 0.3) is 5.91 Å². The molecule has 2 heterocycles. The smallest absolute Gasteiger partial charge is 0.293 e. The molecular weight excluding hydrogens is 314 g/mol. The number of nitrogens with one attached hydrogen (secondary N) is 2. The lowest BCUT2D eigenvalue weighted by Crippen LogP contribution is -2.24. The van der Waals surface area contributed by atoms with Crippen molar-refractivity contribution in [3.05, 3.63) is 35.2 Å². The third kappa shape index (κ3) is 5.86. The molecule has 23 heavy (non-hydrogen) atoms. The maximum atomic E-state index is 11.8. The molecular formula is C16H21N3O3S. The molecule has 2 aromatic heterocycles. The summed E-state index contributed by atoms with van der Waals surface area (Å²) in [6, 6.07) is 3.24. The van der Waals surface area contributed by atoms with Crippen LogP contribution in [0, 0.1) is 0 Å². The van der Waals surface area contributed by atoms with Gasteiger partial charge in [-0.05, 0) is 25.0 Å². The van der Waals surface area contributed by atoms with Crippen molar-refractivity contribution in [2.24, 2.45) is 0 Å². The van der Waals surface area contributed by atoms with Crippen LogP contribution in [0.1, 0.15) is 48.9 Å². The molecule has 2 N–H and O–H groups in total. The molecule has 0 spiro atoms. The Labute approximate surface area is 139 Å². The molecule has 0 aliphatic carbocycles. The highest BCUT2D eigenvalue weighted by Crippen LogP contribution is 2.17. The van der Waals surface area contributed by atoms with E-state index in [2.05, 4.69) is 22.5 Å². The van der Waals surface area contributed by atoms with E-state index in [9.17, 15) is 9.59 Å². The first-order valence-electron chi connectivity index (χ1n) is 7.75. The monoisotopic (exact) mass is 335 g/mol. The minimum Gasteiger partial charge on any atom is -0.459 e. The van der Waals surface area contributed by atoms with Crippen LogP contribution in [0.3, 0.4) is 0 Å². The summed E-state index contributed by atoms with van der Waals surface area (Å²) in [6.07, 6.45) is 5.70. The zero-order valence-electron chi connectivity index (χ0n) is 13.1. The van der Waals surface area contributed by atoms with E-state index < -0.39 is 0 Å². The largest absolute Gasteiger partial charge is 0.459 e. The van der Waals surface area contributed by atoms with Crippen LogP contribution in [-0.4, -0.2) is 23.3 Å². The number of carbonyl (C=O) groups is 2. The van der Waals surface area contributed by atoms with E-state index in [1.54, 1.807) is 12.1 Å². The normalized spacial score (nSPS) is 10.5. The summed E-state index contributed by atoms with van der Waals surface area (Å²) in [5, 5.41) is 7.93. The van der Waals surface area contributed by atoms with Gasteiger partial charge in [0.15, 0.2) is 10.9 Å². The molecule has 7 heteroatoms. The Morgan fingerprint density at radius 3 is 2.96 bits per heavy atom. The van der Waals surface area contributed by atoms with Gasteiger partial charge < -0.3 is 9.73 Å². The summed E-state index contributed by atoms with van der Waals surface area (Å²) >= 11 is 1.33. The number of amides is 2. The first-order chi connectivity index (χ1) is 11.2. The molecule has 6 nitrogen and oxygen atoms in total. The summed E-state index contributed by atoms with van der Waals surface area (Å²) in [7, 11) is 0. The molecule has 0 fully saturated rings. The second-order valence-electron chi connectivity index (χ2n) is 5.13. The Balaban J connectivity index is 1.72. The van der Waals surface area contributed by atoms with E-state index in [1.807, 2.05) is 5.38 Å². The first kappa shape index (κ1) is 17.2. The molecule has 0 aliphatic heterocycles. The lowest BCUT2D eigenvalue weighted by molar-refractivity contribution is -0.121. The van der Waals surface area contributed by atoms with Crippen LogP contribution < -0.4 is 10.6 Å². The van der Waals surface area contributed by atoms with Crippen molar-refractivity contribution >= 4 is 28.3 Å². The highest BCUT2D eigenvalue weighted by Gasteiger charge is 2.11. The highest BCUT2D eigenvalue weighted by molar-refractivity contribution is 7.13. The molecule has 0 aromatic carbocycles. The fraction of sp³-hybridized carbons (Fsp3) is 0.438. The van der Waals surface area contributed by atoms with Crippen molar-refractivity contribution in [3.63, 3.8) is 0 Å². The van der Waals surface area contributed by atoms with Crippen LogP contribution in [0.5, 0.6) is 0 Å². The van der Waals surface area contributed by atoms with Gasteiger partial charge in [-0.3, -0.25) is 14.9 Å². The van der Waals surface area contributed by atoms with E-state index in [1.165, 1.54) is 17.6 Å². The van der Waals surface area contributed by atoms with Crippen LogP contribution in [0.15, 0.2) is 28.2 Å². The summed E-state index contributed by atoms with van der Waals surface area (Å²) < 4.78 is 5.02. The molecule has 0 radical (unpaired) electrons. The van der Waals surface area contributed by atoms with Gasteiger partial charge in [0.05, 0.1) is 12.0 Å². The maximum Gasteiger partial charge on any atom is 0.293 e. The molecule has 0 bridgehead atoms. The molecule has 0 saturated heterocycles. The van der Waals surface area contributed by atoms with E-state index >= 15 is 0 Å². The van der Waals surface area contributed by atoms with Crippen molar-refractivity contribution in [2.45, 2.75) is 39.0 Å². The van der Waals surface area contributed by atoms with Gasteiger partial charge in [0, 0.05) is 18.3 Å². The number of rotatable bonds is 9. The van der Waals surface area contributed by atoms with E-state index in [0.717, 1.165) is 31.5 Å². The van der Waals surface area contributed by atoms with Gasteiger partial charge in [0.2, 0.25) is 5.91 Å². The second-order valence-corrected chi connectivity index (χ2v) is 5.99.